The molecule has 1 atom stereocenters. The molecule has 1 aliphatic rings. The van der Waals surface area contributed by atoms with Crippen molar-refractivity contribution in [3.63, 3.8) is 0 Å². The summed E-state index contributed by atoms with van der Waals surface area (Å²) >= 11 is 0. The van der Waals surface area contributed by atoms with Crippen LogP contribution >= 0.6 is 0 Å². The number of methoxy groups -OCH3 is 1. The predicted molar refractivity (Wildman–Crippen MR) is 34.4 cm³/mol. The van der Waals surface area contributed by atoms with Gasteiger partial charge in [-0.15, -0.1) is 10.2 Å². The summed E-state index contributed by atoms with van der Waals surface area (Å²) in [5, 5.41) is 7.71. The first-order chi connectivity index (χ1) is 4.92. The number of fused-ring (bicyclic) bond motifs is 1. The molecule has 0 saturated heterocycles. The summed E-state index contributed by atoms with van der Waals surface area (Å²) in [5.41, 5.74) is 0. The number of hydrogen-bond acceptors (Lipinski definition) is 3. The highest BCUT2D eigenvalue weighted by Crippen LogP contribution is 2.25. The van der Waals surface area contributed by atoms with Gasteiger partial charge in [-0.3, -0.25) is 0 Å². The molecule has 0 fully saturated rings. The quantitative estimate of drug-likeness (QED) is 0.564. The number of hydrogen-bond donors (Lipinski definition) is 0. The normalized spacial score (nSPS) is 23.1. The van der Waals surface area contributed by atoms with E-state index in [1.165, 1.54) is 0 Å². The Kier molecular flexibility index (Phi) is 1.20. The Balaban J connectivity index is 2.34. The van der Waals surface area contributed by atoms with Gasteiger partial charge in [0, 0.05) is 13.7 Å². The summed E-state index contributed by atoms with van der Waals surface area (Å²) in [6, 6.07) is 0. The van der Waals surface area contributed by atoms with E-state index in [9.17, 15) is 0 Å². The molecule has 0 unspecified atom stereocenters. The maximum absolute atomic E-state index is 5.17. The largest absolute Gasteiger partial charge is 0.373 e. The molecule has 4 heteroatoms. The van der Waals surface area contributed by atoms with Crippen LogP contribution in [0.15, 0.2) is 6.33 Å². The van der Waals surface area contributed by atoms with Crippen molar-refractivity contribution in [3.05, 3.63) is 12.2 Å². The molecule has 0 N–H and O–H groups in total. The summed E-state index contributed by atoms with van der Waals surface area (Å²) in [5.74, 6) is 0.961. The van der Waals surface area contributed by atoms with Crippen molar-refractivity contribution in [2.45, 2.75) is 19.1 Å². The maximum Gasteiger partial charge on any atom is 0.162 e. The minimum absolute atomic E-state index is 0.169. The molecule has 0 spiro atoms. The lowest BCUT2D eigenvalue weighted by Gasteiger charge is -2.01. The van der Waals surface area contributed by atoms with Crippen LogP contribution in [0.2, 0.25) is 0 Å². The lowest BCUT2D eigenvalue weighted by molar-refractivity contribution is 0.101. The summed E-state index contributed by atoms with van der Waals surface area (Å²) in [7, 11) is 1.70. The van der Waals surface area contributed by atoms with E-state index in [-0.39, 0.29) is 6.10 Å². The zero-order chi connectivity index (χ0) is 6.97. The Morgan fingerprint density at radius 1 is 1.80 bits per heavy atom. The van der Waals surface area contributed by atoms with Gasteiger partial charge in [0.15, 0.2) is 5.82 Å². The third-order valence-electron chi connectivity index (χ3n) is 1.85. The standard InChI is InChI=1S/C6H9N3O/c1-10-5-2-3-9-4-7-8-6(5)9/h4-5H,2-3H2,1H3/t5-/m0/s1. The lowest BCUT2D eigenvalue weighted by Crippen LogP contribution is -1.97. The van der Waals surface area contributed by atoms with E-state index in [4.69, 9.17) is 4.74 Å². The number of ether oxygens (including phenoxy) is 1. The van der Waals surface area contributed by atoms with Gasteiger partial charge in [0.2, 0.25) is 0 Å². The third kappa shape index (κ3) is 0.654. The summed E-state index contributed by atoms with van der Waals surface area (Å²) < 4.78 is 7.19. The van der Waals surface area contributed by atoms with Gasteiger partial charge >= 0.3 is 0 Å². The van der Waals surface area contributed by atoms with Crippen molar-refractivity contribution in [2.24, 2.45) is 0 Å². The van der Waals surface area contributed by atoms with Gasteiger partial charge in [0.05, 0.1) is 0 Å². The van der Waals surface area contributed by atoms with Crippen molar-refractivity contribution >= 4 is 0 Å². The van der Waals surface area contributed by atoms with Gasteiger partial charge < -0.3 is 9.30 Å². The first kappa shape index (κ1) is 5.85. The van der Waals surface area contributed by atoms with Crippen molar-refractivity contribution < 1.29 is 4.74 Å². The van der Waals surface area contributed by atoms with Gasteiger partial charge in [-0.1, -0.05) is 0 Å². The fourth-order valence-electron chi connectivity index (χ4n) is 1.29. The second-order valence-corrected chi connectivity index (χ2v) is 2.40. The molecular weight excluding hydrogens is 130 g/mol. The number of rotatable bonds is 1. The molecule has 1 aromatic rings. The molecule has 0 aromatic carbocycles. The number of nitrogens with zero attached hydrogens (tertiary/aromatic N) is 3. The van der Waals surface area contributed by atoms with Gasteiger partial charge in [0.25, 0.3) is 0 Å². The third-order valence-corrected chi connectivity index (χ3v) is 1.85. The molecule has 10 heavy (non-hydrogen) atoms. The molecule has 2 heterocycles. The molecule has 1 aromatic heterocycles. The van der Waals surface area contributed by atoms with E-state index >= 15 is 0 Å². The lowest BCUT2D eigenvalue weighted by atomic mass is 10.3. The maximum atomic E-state index is 5.17. The number of aryl methyl sites for hydroxylation is 1. The minimum Gasteiger partial charge on any atom is -0.373 e. The summed E-state index contributed by atoms with van der Waals surface area (Å²) in [6.45, 7) is 0.987. The Bertz CT molecular complexity index is 233. The van der Waals surface area contributed by atoms with Crippen LogP contribution in [-0.4, -0.2) is 21.9 Å². The Labute approximate surface area is 58.8 Å². The topological polar surface area (TPSA) is 39.9 Å². The van der Waals surface area contributed by atoms with E-state index in [1.54, 1.807) is 13.4 Å². The average Bonchev–Trinajstić information content (AvgIpc) is 2.44. The molecule has 2 rings (SSSR count). The van der Waals surface area contributed by atoms with E-state index in [0.717, 1.165) is 18.8 Å². The molecule has 54 valence electrons. The SMILES string of the molecule is CO[C@H]1CCn2cnnc21. The van der Waals surface area contributed by atoms with Crippen LogP contribution in [-0.2, 0) is 11.3 Å². The van der Waals surface area contributed by atoms with Crippen molar-refractivity contribution in [3.8, 4) is 0 Å². The smallest absolute Gasteiger partial charge is 0.162 e. The Morgan fingerprint density at radius 3 is 3.50 bits per heavy atom. The zero-order valence-corrected chi connectivity index (χ0v) is 5.82. The minimum atomic E-state index is 0.169. The zero-order valence-electron chi connectivity index (χ0n) is 5.82. The summed E-state index contributed by atoms with van der Waals surface area (Å²) in [6.07, 6.45) is 2.94. The first-order valence-corrected chi connectivity index (χ1v) is 3.32. The second-order valence-electron chi connectivity index (χ2n) is 2.40. The van der Waals surface area contributed by atoms with E-state index in [1.807, 2.05) is 4.57 Å². The summed E-state index contributed by atoms with van der Waals surface area (Å²) in [4.78, 5) is 0. The predicted octanol–water partition coefficient (Wildman–Crippen LogP) is 0.369. The second kappa shape index (κ2) is 2.05. The molecule has 1 aliphatic heterocycles. The van der Waals surface area contributed by atoms with Crippen LogP contribution in [0.3, 0.4) is 0 Å². The molecule has 0 amide bonds. The van der Waals surface area contributed by atoms with Gasteiger partial charge in [0.1, 0.15) is 12.4 Å². The van der Waals surface area contributed by atoms with E-state index < -0.39 is 0 Å². The van der Waals surface area contributed by atoms with Crippen LogP contribution in [0.5, 0.6) is 0 Å². The highest BCUT2D eigenvalue weighted by molar-refractivity contribution is 4.96. The fourth-order valence-corrected chi connectivity index (χ4v) is 1.29. The molecule has 0 radical (unpaired) electrons. The molecule has 0 saturated carbocycles. The van der Waals surface area contributed by atoms with Crippen molar-refractivity contribution in [1.82, 2.24) is 14.8 Å². The Hall–Kier alpha value is -0.900. The first-order valence-electron chi connectivity index (χ1n) is 3.32. The molecule has 0 aliphatic carbocycles. The fraction of sp³-hybridized carbons (Fsp3) is 0.667. The van der Waals surface area contributed by atoms with Crippen molar-refractivity contribution in [2.75, 3.05) is 7.11 Å². The highest BCUT2D eigenvalue weighted by atomic mass is 16.5. The van der Waals surface area contributed by atoms with Gasteiger partial charge in [-0.05, 0) is 6.42 Å². The van der Waals surface area contributed by atoms with E-state index in [0.29, 0.717) is 0 Å². The average molecular weight is 139 g/mol. The molecule has 4 nitrogen and oxygen atoms in total. The van der Waals surface area contributed by atoms with Crippen LogP contribution < -0.4 is 0 Å². The molecular formula is C6H9N3O. The molecule has 0 bridgehead atoms. The number of aromatic nitrogens is 3. The van der Waals surface area contributed by atoms with Crippen molar-refractivity contribution in [1.29, 1.82) is 0 Å². The van der Waals surface area contributed by atoms with E-state index in [2.05, 4.69) is 10.2 Å². The van der Waals surface area contributed by atoms with Crippen LogP contribution in [0.25, 0.3) is 0 Å². The monoisotopic (exact) mass is 139 g/mol. The van der Waals surface area contributed by atoms with Gasteiger partial charge in [-0.25, -0.2) is 0 Å². The van der Waals surface area contributed by atoms with Crippen LogP contribution in [0.1, 0.15) is 18.3 Å². The van der Waals surface area contributed by atoms with Crippen LogP contribution in [0.4, 0.5) is 0 Å². The highest BCUT2D eigenvalue weighted by Gasteiger charge is 2.23. The Morgan fingerprint density at radius 2 is 2.70 bits per heavy atom. The van der Waals surface area contributed by atoms with Gasteiger partial charge in [-0.2, -0.15) is 0 Å². The van der Waals surface area contributed by atoms with Crippen LogP contribution in [0, 0.1) is 0 Å².